The van der Waals surface area contributed by atoms with Gasteiger partial charge in [0.25, 0.3) is 0 Å². The van der Waals surface area contributed by atoms with E-state index < -0.39 is 0 Å². The van der Waals surface area contributed by atoms with Crippen LogP contribution in [0.15, 0.2) is 27.8 Å². The standard InChI is InChI=1S/C7H7N5S2/c8-4-1-2-5(12-6(4)9)13-7-10-3-11-14-7/h1-3H,8H2,(H2,9,12). The number of nitrogen functional groups attached to an aromatic ring is 2. The Bertz CT molecular complexity index is 428. The Morgan fingerprint density at radius 3 is 2.79 bits per heavy atom. The first kappa shape index (κ1) is 9.22. The third-order valence-corrected chi connectivity index (χ3v) is 3.12. The molecule has 0 atom stereocenters. The SMILES string of the molecule is Nc1ccc(Sc2ncns2)nc1N. The van der Waals surface area contributed by atoms with Gasteiger partial charge >= 0.3 is 0 Å². The summed E-state index contributed by atoms with van der Waals surface area (Å²) < 4.78 is 4.72. The van der Waals surface area contributed by atoms with Gasteiger partial charge in [-0.05, 0) is 35.4 Å². The second-order valence-corrected chi connectivity index (χ2v) is 4.48. The molecule has 0 aliphatic carbocycles. The van der Waals surface area contributed by atoms with Crippen LogP contribution in [0.1, 0.15) is 0 Å². The van der Waals surface area contributed by atoms with Crippen molar-refractivity contribution in [3.63, 3.8) is 0 Å². The molecule has 0 bridgehead atoms. The second kappa shape index (κ2) is 3.81. The summed E-state index contributed by atoms with van der Waals surface area (Å²) in [5.74, 6) is 0.347. The third-order valence-electron chi connectivity index (χ3n) is 1.46. The van der Waals surface area contributed by atoms with Gasteiger partial charge < -0.3 is 11.5 Å². The lowest BCUT2D eigenvalue weighted by atomic mass is 10.4. The van der Waals surface area contributed by atoms with Gasteiger partial charge in [0, 0.05) is 0 Å². The zero-order valence-electron chi connectivity index (χ0n) is 7.04. The number of nitrogens with zero attached hydrogens (tertiary/aromatic N) is 3. The molecule has 2 rings (SSSR count). The first-order chi connectivity index (χ1) is 6.75. The van der Waals surface area contributed by atoms with Gasteiger partial charge in [0.1, 0.15) is 17.2 Å². The van der Waals surface area contributed by atoms with Crippen molar-refractivity contribution < 1.29 is 0 Å². The van der Waals surface area contributed by atoms with Gasteiger partial charge in [-0.25, -0.2) is 9.97 Å². The molecular formula is C7H7N5S2. The number of rotatable bonds is 2. The molecule has 0 spiro atoms. The van der Waals surface area contributed by atoms with Gasteiger partial charge in [-0.1, -0.05) is 0 Å². The van der Waals surface area contributed by atoms with Gasteiger partial charge in [0.05, 0.1) is 5.69 Å². The smallest absolute Gasteiger partial charge is 0.175 e. The summed E-state index contributed by atoms with van der Waals surface area (Å²) in [6.45, 7) is 0. The molecule has 0 saturated heterocycles. The van der Waals surface area contributed by atoms with E-state index in [-0.39, 0.29) is 0 Å². The fourth-order valence-electron chi connectivity index (χ4n) is 0.821. The molecule has 2 heterocycles. The van der Waals surface area contributed by atoms with Crippen LogP contribution in [0.3, 0.4) is 0 Å². The summed E-state index contributed by atoms with van der Waals surface area (Å²) in [5, 5.41) is 0.772. The van der Waals surface area contributed by atoms with Crippen LogP contribution < -0.4 is 11.5 Å². The molecule has 0 amide bonds. The van der Waals surface area contributed by atoms with Crippen LogP contribution in [0.2, 0.25) is 0 Å². The minimum atomic E-state index is 0.347. The maximum Gasteiger partial charge on any atom is 0.175 e. The largest absolute Gasteiger partial charge is 0.396 e. The van der Waals surface area contributed by atoms with E-state index in [0.29, 0.717) is 11.5 Å². The fraction of sp³-hybridized carbons (Fsp3) is 0. The van der Waals surface area contributed by atoms with E-state index in [9.17, 15) is 0 Å². The van der Waals surface area contributed by atoms with Crippen molar-refractivity contribution in [2.45, 2.75) is 9.37 Å². The average molecular weight is 225 g/mol. The third kappa shape index (κ3) is 1.94. The van der Waals surface area contributed by atoms with E-state index in [0.717, 1.165) is 9.37 Å². The lowest BCUT2D eigenvalue weighted by molar-refractivity contribution is 1.13. The van der Waals surface area contributed by atoms with Crippen LogP contribution in [0, 0.1) is 0 Å². The van der Waals surface area contributed by atoms with Crippen molar-refractivity contribution in [1.82, 2.24) is 14.3 Å². The predicted molar refractivity (Wildman–Crippen MR) is 57.1 cm³/mol. The Kier molecular flexibility index (Phi) is 2.51. The molecule has 72 valence electrons. The minimum absolute atomic E-state index is 0.347. The summed E-state index contributed by atoms with van der Waals surface area (Å²) in [7, 11) is 0. The highest BCUT2D eigenvalue weighted by atomic mass is 32.2. The average Bonchev–Trinajstić information content (AvgIpc) is 2.64. The summed E-state index contributed by atoms with van der Waals surface area (Å²) in [6, 6.07) is 3.53. The van der Waals surface area contributed by atoms with Crippen molar-refractivity contribution in [2.75, 3.05) is 11.5 Å². The van der Waals surface area contributed by atoms with E-state index in [2.05, 4.69) is 14.3 Å². The Hall–Kier alpha value is -1.34. The fourth-order valence-corrected chi connectivity index (χ4v) is 2.19. The Labute approximate surface area is 88.7 Å². The Morgan fingerprint density at radius 1 is 1.29 bits per heavy atom. The Morgan fingerprint density at radius 2 is 2.14 bits per heavy atom. The zero-order valence-corrected chi connectivity index (χ0v) is 8.68. The minimum Gasteiger partial charge on any atom is -0.396 e. The highest BCUT2D eigenvalue weighted by Crippen LogP contribution is 2.28. The quantitative estimate of drug-likeness (QED) is 0.799. The molecule has 0 unspecified atom stereocenters. The maximum atomic E-state index is 5.57. The van der Waals surface area contributed by atoms with Gasteiger partial charge in [-0.15, -0.1) is 0 Å². The number of hydrogen-bond acceptors (Lipinski definition) is 7. The summed E-state index contributed by atoms with van der Waals surface area (Å²) in [5.41, 5.74) is 11.6. The molecule has 0 radical (unpaired) electrons. The molecule has 7 heteroatoms. The molecule has 4 N–H and O–H groups in total. The molecule has 0 fully saturated rings. The normalized spacial score (nSPS) is 10.3. The van der Waals surface area contributed by atoms with Gasteiger partial charge in [0.2, 0.25) is 0 Å². The lowest BCUT2D eigenvalue weighted by Gasteiger charge is -2.00. The maximum absolute atomic E-state index is 5.57. The molecule has 5 nitrogen and oxygen atoms in total. The molecule has 0 saturated carbocycles. The molecule has 0 aliphatic heterocycles. The predicted octanol–water partition coefficient (Wildman–Crippen LogP) is 1.25. The number of aromatic nitrogens is 3. The van der Waals surface area contributed by atoms with Crippen molar-refractivity contribution in [3.8, 4) is 0 Å². The summed E-state index contributed by atoms with van der Waals surface area (Å²) >= 11 is 2.73. The van der Waals surface area contributed by atoms with Crippen LogP contribution in [-0.2, 0) is 0 Å². The van der Waals surface area contributed by atoms with Gasteiger partial charge in [-0.3, -0.25) is 0 Å². The van der Waals surface area contributed by atoms with Gasteiger partial charge in [-0.2, -0.15) is 4.37 Å². The first-order valence-electron chi connectivity index (χ1n) is 3.72. The van der Waals surface area contributed by atoms with Crippen LogP contribution in [0.5, 0.6) is 0 Å². The van der Waals surface area contributed by atoms with Gasteiger partial charge in [0.15, 0.2) is 4.34 Å². The van der Waals surface area contributed by atoms with E-state index in [1.165, 1.54) is 29.6 Å². The lowest BCUT2D eigenvalue weighted by Crippen LogP contribution is -1.97. The first-order valence-corrected chi connectivity index (χ1v) is 5.31. The van der Waals surface area contributed by atoms with Crippen LogP contribution in [-0.4, -0.2) is 14.3 Å². The van der Waals surface area contributed by atoms with E-state index >= 15 is 0 Å². The van der Waals surface area contributed by atoms with Crippen LogP contribution >= 0.6 is 23.3 Å². The number of hydrogen-bond donors (Lipinski definition) is 2. The van der Waals surface area contributed by atoms with Crippen molar-refractivity contribution in [3.05, 3.63) is 18.5 Å². The number of anilines is 2. The Balaban J connectivity index is 2.22. The highest BCUT2D eigenvalue weighted by Gasteiger charge is 2.03. The monoisotopic (exact) mass is 225 g/mol. The van der Waals surface area contributed by atoms with E-state index in [4.69, 9.17) is 11.5 Å². The van der Waals surface area contributed by atoms with Crippen molar-refractivity contribution in [2.24, 2.45) is 0 Å². The summed E-state index contributed by atoms with van der Waals surface area (Å²) in [6.07, 6.45) is 1.51. The van der Waals surface area contributed by atoms with Crippen LogP contribution in [0.25, 0.3) is 0 Å². The zero-order chi connectivity index (χ0) is 9.97. The number of pyridine rings is 1. The molecular weight excluding hydrogens is 218 g/mol. The molecule has 2 aromatic heterocycles. The topological polar surface area (TPSA) is 90.7 Å². The number of nitrogens with two attached hydrogens (primary N) is 2. The van der Waals surface area contributed by atoms with Crippen molar-refractivity contribution >= 4 is 34.8 Å². The molecule has 2 aromatic rings. The molecule has 0 aliphatic rings. The highest BCUT2D eigenvalue weighted by molar-refractivity contribution is 8.00. The van der Waals surface area contributed by atoms with E-state index in [1.54, 1.807) is 12.1 Å². The molecule has 0 aromatic carbocycles. The summed E-state index contributed by atoms with van der Waals surface area (Å²) in [4.78, 5) is 8.12. The second-order valence-electron chi connectivity index (χ2n) is 2.43. The molecule has 14 heavy (non-hydrogen) atoms. The van der Waals surface area contributed by atoms with Crippen LogP contribution in [0.4, 0.5) is 11.5 Å². The van der Waals surface area contributed by atoms with Crippen molar-refractivity contribution in [1.29, 1.82) is 0 Å². The van der Waals surface area contributed by atoms with E-state index in [1.807, 2.05) is 0 Å².